The number of hydrogen-bond acceptors (Lipinski definition) is 2. The van der Waals surface area contributed by atoms with Crippen LogP contribution in [0.2, 0.25) is 0 Å². The molecule has 19 heavy (non-hydrogen) atoms. The van der Waals surface area contributed by atoms with E-state index >= 15 is 0 Å². The monoisotopic (exact) mass is 385 g/mol. The van der Waals surface area contributed by atoms with Gasteiger partial charge in [-0.2, -0.15) is 0 Å². The van der Waals surface area contributed by atoms with E-state index in [-0.39, 0.29) is 5.91 Å². The van der Waals surface area contributed by atoms with Crippen LogP contribution in [-0.2, 0) is 6.54 Å². The number of aryl methyl sites for hydroxylation is 1. The molecule has 0 aliphatic heterocycles. The minimum atomic E-state index is -0.0249. The van der Waals surface area contributed by atoms with E-state index in [1.54, 1.807) is 11.9 Å². The van der Waals surface area contributed by atoms with E-state index in [9.17, 15) is 4.79 Å². The minimum Gasteiger partial charge on any atom is -0.452 e. The SMILES string of the molecule is Cc1cc(C(=O)N(C)Cc2ccc(Br)o2)ccc1Br. The summed E-state index contributed by atoms with van der Waals surface area (Å²) in [6, 6.07) is 9.24. The summed E-state index contributed by atoms with van der Waals surface area (Å²) in [5, 5.41) is 0. The molecule has 2 aromatic rings. The second-order valence-electron chi connectivity index (χ2n) is 4.33. The van der Waals surface area contributed by atoms with Crippen LogP contribution in [0.1, 0.15) is 21.7 Å². The third-order valence-electron chi connectivity index (χ3n) is 2.77. The van der Waals surface area contributed by atoms with E-state index in [4.69, 9.17) is 4.42 Å². The Hall–Kier alpha value is -1.07. The number of furan rings is 1. The lowest BCUT2D eigenvalue weighted by Crippen LogP contribution is -2.26. The van der Waals surface area contributed by atoms with Gasteiger partial charge in [0, 0.05) is 17.1 Å². The summed E-state index contributed by atoms with van der Waals surface area (Å²) in [5.41, 5.74) is 1.72. The molecule has 0 saturated heterocycles. The topological polar surface area (TPSA) is 33.5 Å². The van der Waals surface area contributed by atoms with Gasteiger partial charge in [-0.3, -0.25) is 4.79 Å². The molecule has 1 aromatic heterocycles. The Bertz CT molecular complexity index is 607. The number of rotatable bonds is 3. The summed E-state index contributed by atoms with van der Waals surface area (Å²) in [6.45, 7) is 2.41. The lowest BCUT2D eigenvalue weighted by molar-refractivity contribution is 0.0775. The molecule has 5 heteroatoms. The minimum absolute atomic E-state index is 0.0249. The van der Waals surface area contributed by atoms with Crippen LogP contribution in [0.3, 0.4) is 0 Å². The van der Waals surface area contributed by atoms with Crippen LogP contribution in [0.4, 0.5) is 0 Å². The number of carbonyl (C=O) groups is 1. The van der Waals surface area contributed by atoms with Crippen LogP contribution in [-0.4, -0.2) is 17.9 Å². The van der Waals surface area contributed by atoms with Crippen molar-refractivity contribution in [2.75, 3.05) is 7.05 Å². The zero-order valence-corrected chi connectivity index (χ0v) is 13.8. The fourth-order valence-electron chi connectivity index (χ4n) is 1.74. The molecule has 0 radical (unpaired) electrons. The van der Waals surface area contributed by atoms with E-state index in [0.717, 1.165) is 15.8 Å². The van der Waals surface area contributed by atoms with Crippen molar-refractivity contribution in [1.29, 1.82) is 0 Å². The van der Waals surface area contributed by atoms with Gasteiger partial charge in [-0.05, 0) is 58.7 Å². The van der Waals surface area contributed by atoms with E-state index in [1.165, 1.54) is 0 Å². The highest BCUT2D eigenvalue weighted by molar-refractivity contribution is 9.10. The fraction of sp³-hybridized carbons (Fsp3) is 0.214. The van der Waals surface area contributed by atoms with Crippen molar-refractivity contribution in [1.82, 2.24) is 4.90 Å². The summed E-state index contributed by atoms with van der Waals surface area (Å²) in [7, 11) is 1.76. The van der Waals surface area contributed by atoms with Crippen LogP contribution < -0.4 is 0 Å². The van der Waals surface area contributed by atoms with Crippen LogP contribution in [0.25, 0.3) is 0 Å². The Labute approximate surface area is 128 Å². The molecule has 1 heterocycles. The number of hydrogen-bond donors (Lipinski definition) is 0. The lowest BCUT2D eigenvalue weighted by Gasteiger charge is -2.16. The Kier molecular flexibility index (Phi) is 4.47. The first-order chi connectivity index (χ1) is 8.97. The highest BCUT2D eigenvalue weighted by atomic mass is 79.9. The number of amides is 1. The van der Waals surface area contributed by atoms with Gasteiger partial charge in [0.25, 0.3) is 5.91 Å². The maximum atomic E-state index is 12.3. The fourth-order valence-corrected chi connectivity index (χ4v) is 2.33. The van der Waals surface area contributed by atoms with Crippen molar-refractivity contribution < 1.29 is 9.21 Å². The van der Waals surface area contributed by atoms with Gasteiger partial charge in [0.2, 0.25) is 0 Å². The molecule has 0 bridgehead atoms. The van der Waals surface area contributed by atoms with Gasteiger partial charge in [-0.1, -0.05) is 15.9 Å². The van der Waals surface area contributed by atoms with E-state index in [1.807, 2.05) is 37.3 Å². The van der Waals surface area contributed by atoms with Gasteiger partial charge in [-0.25, -0.2) is 0 Å². The molecule has 0 spiro atoms. The molecule has 0 fully saturated rings. The molecule has 0 aliphatic carbocycles. The maximum Gasteiger partial charge on any atom is 0.254 e. The second-order valence-corrected chi connectivity index (χ2v) is 5.97. The summed E-state index contributed by atoms with van der Waals surface area (Å²) in [4.78, 5) is 13.9. The molecule has 2 rings (SSSR count). The number of carbonyl (C=O) groups excluding carboxylic acids is 1. The number of benzene rings is 1. The molecule has 0 N–H and O–H groups in total. The van der Waals surface area contributed by atoms with Crippen LogP contribution in [0.5, 0.6) is 0 Å². The highest BCUT2D eigenvalue weighted by Crippen LogP contribution is 2.19. The van der Waals surface area contributed by atoms with Crippen molar-refractivity contribution >= 4 is 37.8 Å². The van der Waals surface area contributed by atoms with Crippen molar-refractivity contribution in [2.45, 2.75) is 13.5 Å². The third kappa shape index (κ3) is 3.48. The Morgan fingerprint density at radius 3 is 2.58 bits per heavy atom. The predicted molar refractivity (Wildman–Crippen MR) is 81.1 cm³/mol. The van der Waals surface area contributed by atoms with Gasteiger partial charge in [0.05, 0.1) is 6.54 Å². The average molecular weight is 387 g/mol. The molecule has 0 unspecified atom stereocenters. The lowest BCUT2D eigenvalue weighted by atomic mass is 10.1. The maximum absolute atomic E-state index is 12.3. The molecule has 1 amide bonds. The summed E-state index contributed by atoms with van der Waals surface area (Å²) in [6.07, 6.45) is 0. The van der Waals surface area contributed by atoms with Gasteiger partial charge in [0.1, 0.15) is 5.76 Å². The van der Waals surface area contributed by atoms with Crippen LogP contribution in [0, 0.1) is 6.92 Å². The number of halogens is 2. The third-order valence-corrected chi connectivity index (χ3v) is 4.09. The summed E-state index contributed by atoms with van der Waals surface area (Å²) in [5.74, 6) is 0.722. The molecule has 0 aliphatic rings. The van der Waals surface area contributed by atoms with Gasteiger partial charge >= 0.3 is 0 Å². The van der Waals surface area contributed by atoms with Gasteiger partial charge in [0.15, 0.2) is 4.67 Å². The first-order valence-corrected chi connectivity index (χ1v) is 7.32. The first-order valence-electron chi connectivity index (χ1n) is 5.73. The average Bonchev–Trinajstić information content (AvgIpc) is 2.77. The summed E-state index contributed by atoms with van der Waals surface area (Å²) < 4.78 is 7.07. The molecule has 3 nitrogen and oxygen atoms in total. The Morgan fingerprint density at radius 1 is 1.26 bits per heavy atom. The molecule has 1 aromatic carbocycles. The summed E-state index contributed by atoms with van der Waals surface area (Å²) >= 11 is 6.67. The zero-order valence-electron chi connectivity index (χ0n) is 10.6. The zero-order chi connectivity index (χ0) is 14.0. The van der Waals surface area contributed by atoms with Gasteiger partial charge in [-0.15, -0.1) is 0 Å². The molecule has 100 valence electrons. The van der Waals surface area contributed by atoms with E-state index in [0.29, 0.717) is 16.8 Å². The van der Waals surface area contributed by atoms with E-state index in [2.05, 4.69) is 31.9 Å². The van der Waals surface area contributed by atoms with Gasteiger partial charge < -0.3 is 9.32 Å². The Balaban J connectivity index is 2.12. The van der Waals surface area contributed by atoms with Crippen LogP contribution in [0.15, 0.2) is 43.9 Å². The van der Waals surface area contributed by atoms with E-state index < -0.39 is 0 Å². The first kappa shape index (κ1) is 14.3. The predicted octanol–water partition coefficient (Wildman–Crippen LogP) is 4.39. The standard InChI is InChI=1S/C14H13Br2NO2/c1-9-7-10(3-5-12(9)15)14(18)17(2)8-11-4-6-13(16)19-11/h3-7H,8H2,1-2H3. The normalized spacial score (nSPS) is 10.5. The smallest absolute Gasteiger partial charge is 0.254 e. The van der Waals surface area contributed by atoms with Crippen molar-refractivity contribution in [3.05, 3.63) is 56.4 Å². The quantitative estimate of drug-likeness (QED) is 0.783. The Morgan fingerprint density at radius 2 is 2.00 bits per heavy atom. The molecule has 0 saturated carbocycles. The second kappa shape index (κ2) is 5.92. The largest absolute Gasteiger partial charge is 0.452 e. The van der Waals surface area contributed by atoms with Crippen molar-refractivity contribution in [3.63, 3.8) is 0 Å². The molecular weight excluding hydrogens is 374 g/mol. The highest BCUT2D eigenvalue weighted by Gasteiger charge is 2.14. The van der Waals surface area contributed by atoms with Crippen molar-refractivity contribution in [2.24, 2.45) is 0 Å². The number of nitrogens with zero attached hydrogens (tertiary/aromatic N) is 1. The van der Waals surface area contributed by atoms with Crippen molar-refractivity contribution in [3.8, 4) is 0 Å². The van der Waals surface area contributed by atoms with Crippen LogP contribution >= 0.6 is 31.9 Å². The molecular formula is C14H13Br2NO2. The molecule has 0 atom stereocenters.